The van der Waals surface area contributed by atoms with Gasteiger partial charge in [0.15, 0.2) is 0 Å². The number of likely N-dealkylation sites (tertiary alicyclic amines) is 1. The summed E-state index contributed by atoms with van der Waals surface area (Å²) in [5.41, 5.74) is 0. The summed E-state index contributed by atoms with van der Waals surface area (Å²) < 4.78 is 5.46. The van der Waals surface area contributed by atoms with E-state index in [9.17, 15) is 4.79 Å². The van der Waals surface area contributed by atoms with Crippen LogP contribution in [-0.4, -0.2) is 73.7 Å². The van der Waals surface area contributed by atoms with Crippen LogP contribution in [0, 0.1) is 5.92 Å². The molecule has 138 valence electrons. The molecule has 0 spiro atoms. The highest BCUT2D eigenvalue weighted by molar-refractivity contribution is 5.78. The molecule has 5 nitrogen and oxygen atoms in total. The molecule has 3 atom stereocenters. The second-order valence-corrected chi connectivity index (χ2v) is 7.97. The molecule has 0 bridgehead atoms. The number of nitrogens with one attached hydrogen (secondary N) is 1. The van der Waals surface area contributed by atoms with E-state index in [4.69, 9.17) is 4.74 Å². The number of carbonyl (C=O) groups excluding carboxylic acids is 1. The lowest BCUT2D eigenvalue weighted by Gasteiger charge is -2.39. The van der Waals surface area contributed by atoms with Crippen molar-refractivity contribution in [2.24, 2.45) is 5.92 Å². The number of nitrogens with zero attached hydrogens (tertiary/aromatic N) is 2. The molecule has 3 aliphatic rings. The fraction of sp³-hybridized carbons (Fsp3) is 0.947. The van der Waals surface area contributed by atoms with Gasteiger partial charge in [-0.15, -0.1) is 0 Å². The van der Waals surface area contributed by atoms with Crippen LogP contribution >= 0.6 is 0 Å². The number of ether oxygens (including phenoxy) is 1. The van der Waals surface area contributed by atoms with E-state index in [-0.39, 0.29) is 5.91 Å². The Morgan fingerprint density at radius 2 is 1.79 bits per heavy atom. The van der Waals surface area contributed by atoms with Crippen molar-refractivity contribution >= 4 is 5.91 Å². The van der Waals surface area contributed by atoms with Crippen molar-refractivity contribution < 1.29 is 9.53 Å². The summed E-state index contributed by atoms with van der Waals surface area (Å²) >= 11 is 0. The van der Waals surface area contributed by atoms with E-state index in [1.807, 2.05) is 0 Å². The molecule has 24 heavy (non-hydrogen) atoms. The zero-order chi connectivity index (χ0) is 16.8. The average molecular weight is 338 g/mol. The van der Waals surface area contributed by atoms with Crippen molar-refractivity contribution in [3.63, 3.8) is 0 Å². The fourth-order valence-electron chi connectivity index (χ4n) is 4.52. The molecule has 2 saturated heterocycles. The van der Waals surface area contributed by atoms with Crippen molar-refractivity contribution in [1.29, 1.82) is 0 Å². The summed E-state index contributed by atoms with van der Waals surface area (Å²) in [5.74, 6) is 0.871. The predicted molar refractivity (Wildman–Crippen MR) is 96.0 cm³/mol. The first-order valence-electron chi connectivity index (χ1n) is 10.1. The van der Waals surface area contributed by atoms with Crippen LogP contribution in [0.1, 0.15) is 51.9 Å². The molecule has 5 heteroatoms. The minimum atomic E-state index is 0.239. The third-order valence-electron chi connectivity index (χ3n) is 6.13. The fourth-order valence-corrected chi connectivity index (χ4v) is 4.52. The number of hydrogen-bond acceptors (Lipinski definition) is 4. The maximum atomic E-state index is 12.6. The largest absolute Gasteiger partial charge is 0.379 e. The Morgan fingerprint density at radius 3 is 2.58 bits per heavy atom. The smallest absolute Gasteiger partial charge is 0.234 e. The minimum absolute atomic E-state index is 0.239. The Morgan fingerprint density at radius 1 is 1.04 bits per heavy atom. The van der Waals surface area contributed by atoms with Crippen LogP contribution in [0.15, 0.2) is 0 Å². The SMILES string of the molecule is C[C@@H]1CCCC[C@@H]1NC(=O)CN1CCCC[C@H]1CN1CCOCC1. The Hall–Kier alpha value is -0.650. The van der Waals surface area contributed by atoms with Gasteiger partial charge in [-0.3, -0.25) is 14.6 Å². The van der Waals surface area contributed by atoms with Crippen molar-refractivity contribution in [3.8, 4) is 0 Å². The molecular formula is C19H35N3O2. The van der Waals surface area contributed by atoms with Gasteiger partial charge in [0.05, 0.1) is 19.8 Å². The summed E-state index contributed by atoms with van der Waals surface area (Å²) in [6, 6.07) is 0.931. The number of carbonyl (C=O) groups is 1. The molecule has 0 aromatic carbocycles. The Bertz CT molecular complexity index is 398. The summed E-state index contributed by atoms with van der Waals surface area (Å²) in [7, 11) is 0. The Kier molecular flexibility index (Phi) is 6.93. The van der Waals surface area contributed by atoms with Gasteiger partial charge in [-0.2, -0.15) is 0 Å². The van der Waals surface area contributed by atoms with Gasteiger partial charge in [0.2, 0.25) is 5.91 Å². The van der Waals surface area contributed by atoms with Crippen LogP contribution in [0.25, 0.3) is 0 Å². The lowest BCUT2D eigenvalue weighted by molar-refractivity contribution is -0.124. The molecule has 0 aromatic rings. The molecule has 0 aromatic heterocycles. The molecule has 3 fully saturated rings. The van der Waals surface area contributed by atoms with Crippen LogP contribution in [-0.2, 0) is 9.53 Å². The van der Waals surface area contributed by atoms with E-state index < -0.39 is 0 Å². The lowest BCUT2D eigenvalue weighted by atomic mass is 9.86. The standard InChI is InChI=1S/C19H35N3O2/c1-16-6-2-3-8-18(16)20-19(23)15-22-9-5-4-7-17(22)14-21-10-12-24-13-11-21/h16-18H,2-15H2,1H3,(H,20,23)/t16-,17+,18+/m1/s1. The van der Waals surface area contributed by atoms with Crippen molar-refractivity contribution in [2.75, 3.05) is 45.9 Å². The van der Waals surface area contributed by atoms with E-state index in [1.165, 1.54) is 38.5 Å². The molecule has 2 heterocycles. The van der Waals surface area contributed by atoms with Crippen molar-refractivity contribution in [2.45, 2.75) is 64.0 Å². The van der Waals surface area contributed by atoms with E-state index in [2.05, 4.69) is 22.0 Å². The highest BCUT2D eigenvalue weighted by atomic mass is 16.5. The van der Waals surface area contributed by atoms with Gasteiger partial charge in [0.1, 0.15) is 0 Å². The van der Waals surface area contributed by atoms with Gasteiger partial charge < -0.3 is 10.1 Å². The number of amides is 1. The van der Waals surface area contributed by atoms with Crippen LogP contribution in [0.5, 0.6) is 0 Å². The molecule has 1 N–H and O–H groups in total. The molecule has 0 unspecified atom stereocenters. The second-order valence-electron chi connectivity index (χ2n) is 7.97. The molecule has 1 saturated carbocycles. The van der Waals surface area contributed by atoms with Gasteiger partial charge in [-0.25, -0.2) is 0 Å². The first kappa shape index (κ1) is 18.2. The van der Waals surface area contributed by atoms with Crippen LogP contribution in [0.4, 0.5) is 0 Å². The molecule has 1 amide bonds. The Balaban J connectivity index is 1.48. The first-order chi connectivity index (χ1) is 11.7. The van der Waals surface area contributed by atoms with Gasteiger partial charge in [0.25, 0.3) is 0 Å². The highest BCUT2D eigenvalue weighted by Crippen LogP contribution is 2.24. The normalized spacial score (nSPS) is 33.3. The topological polar surface area (TPSA) is 44.8 Å². The van der Waals surface area contributed by atoms with Gasteiger partial charge >= 0.3 is 0 Å². The molecule has 2 aliphatic heterocycles. The highest BCUT2D eigenvalue weighted by Gasteiger charge is 2.28. The Labute approximate surface area is 147 Å². The quantitative estimate of drug-likeness (QED) is 0.832. The predicted octanol–water partition coefficient (Wildman–Crippen LogP) is 1.87. The van der Waals surface area contributed by atoms with Crippen molar-refractivity contribution in [1.82, 2.24) is 15.1 Å². The zero-order valence-corrected chi connectivity index (χ0v) is 15.3. The monoisotopic (exact) mass is 337 g/mol. The average Bonchev–Trinajstić information content (AvgIpc) is 2.60. The maximum Gasteiger partial charge on any atom is 0.234 e. The molecular weight excluding hydrogens is 302 g/mol. The summed E-state index contributed by atoms with van der Waals surface area (Å²) in [6.07, 6.45) is 8.75. The summed E-state index contributed by atoms with van der Waals surface area (Å²) in [5, 5.41) is 3.33. The number of rotatable bonds is 5. The minimum Gasteiger partial charge on any atom is -0.379 e. The van der Waals surface area contributed by atoms with E-state index in [0.29, 0.717) is 24.5 Å². The third kappa shape index (κ3) is 5.17. The van der Waals surface area contributed by atoms with Crippen LogP contribution in [0.2, 0.25) is 0 Å². The van der Waals surface area contributed by atoms with Crippen LogP contribution < -0.4 is 5.32 Å². The van der Waals surface area contributed by atoms with Gasteiger partial charge in [-0.05, 0) is 38.1 Å². The third-order valence-corrected chi connectivity index (χ3v) is 6.13. The molecule has 1 aliphatic carbocycles. The van der Waals surface area contributed by atoms with Crippen LogP contribution in [0.3, 0.4) is 0 Å². The maximum absolute atomic E-state index is 12.6. The zero-order valence-electron chi connectivity index (χ0n) is 15.3. The van der Waals surface area contributed by atoms with Gasteiger partial charge in [-0.1, -0.05) is 26.2 Å². The molecule has 3 rings (SSSR count). The number of morpholine rings is 1. The van der Waals surface area contributed by atoms with E-state index in [1.54, 1.807) is 0 Å². The summed E-state index contributed by atoms with van der Waals surface area (Å²) in [4.78, 5) is 17.5. The van der Waals surface area contributed by atoms with Gasteiger partial charge in [0, 0.05) is 31.7 Å². The van der Waals surface area contributed by atoms with Crippen molar-refractivity contribution in [3.05, 3.63) is 0 Å². The number of hydrogen-bond donors (Lipinski definition) is 1. The van der Waals surface area contributed by atoms with E-state index in [0.717, 1.165) is 45.8 Å². The first-order valence-corrected chi connectivity index (χ1v) is 10.1. The molecule has 0 radical (unpaired) electrons. The number of piperidine rings is 1. The van der Waals surface area contributed by atoms with E-state index >= 15 is 0 Å². The lowest BCUT2D eigenvalue weighted by Crippen LogP contribution is -2.53. The summed E-state index contributed by atoms with van der Waals surface area (Å²) in [6.45, 7) is 8.81. The second kappa shape index (κ2) is 9.16.